The predicted molar refractivity (Wildman–Crippen MR) is 91.2 cm³/mol. The van der Waals surface area contributed by atoms with E-state index in [0.717, 1.165) is 18.4 Å². The van der Waals surface area contributed by atoms with Gasteiger partial charge in [0.2, 0.25) is 5.91 Å². The van der Waals surface area contributed by atoms with Gasteiger partial charge in [-0.05, 0) is 30.2 Å². The van der Waals surface area contributed by atoms with Crippen molar-refractivity contribution in [3.05, 3.63) is 35.9 Å². The number of likely N-dealkylation sites (tertiary alicyclic amines) is 1. The molecule has 1 unspecified atom stereocenters. The van der Waals surface area contributed by atoms with Gasteiger partial charge in [-0.25, -0.2) is 8.78 Å². The Hall–Kier alpha value is -1.53. The Morgan fingerprint density at radius 3 is 2.60 bits per heavy atom. The molecule has 1 atom stereocenters. The maximum atomic E-state index is 14.3. The second kappa shape index (κ2) is 7.38. The van der Waals surface area contributed by atoms with E-state index in [-0.39, 0.29) is 25.0 Å². The van der Waals surface area contributed by atoms with E-state index in [1.807, 2.05) is 35.2 Å². The molecule has 0 bridgehead atoms. The summed E-state index contributed by atoms with van der Waals surface area (Å²) in [7, 11) is 0. The van der Waals surface area contributed by atoms with E-state index in [1.54, 1.807) is 0 Å². The quantitative estimate of drug-likeness (QED) is 0.792. The molecule has 1 aliphatic heterocycles. The van der Waals surface area contributed by atoms with Crippen LogP contribution in [-0.2, 0) is 11.3 Å². The van der Waals surface area contributed by atoms with Gasteiger partial charge in [0.25, 0.3) is 5.92 Å². The number of alkyl halides is 2. The Kier molecular flexibility index (Phi) is 5.39. The summed E-state index contributed by atoms with van der Waals surface area (Å²) in [6, 6.07) is 9.70. The lowest BCUT2D eigenvalue weighted by molar-refractivity contribution is -0.151. The first-order valence-electron chi connectivity index (χ1n) is 8.97. The molecule has 1 aliphatic carbocycles. The van der Waals surface area contributed by atoms with Gasteiger partial charge in [-0.2, -0.15) is 0 Å². The van der Waals surface area contributed by atoms with Gasteiger partial charge in [0.1, 0.15) is 5.92 Å². The Labute approximate surface area is 147 Å². The van der Waals surface area contributed by atoms with Gasteiger partial charge in [0, 0.05) is 39.2 Å². The highest BCUT2D eigenvalue weighted by Gasteiger charge is 2.49. The first-order valence-corrected chi connectivity index (χ1v) is 8.97. The first kappa shape index (κ1) is 18.3. The van der Waals surface area contributed by atoms with E-state index >= 15 is 0 Å². The van der Waals surface area contributed by atoms with Gasteiger partial charge >= 0.3 is 0 Å². The number of nitrogens with one attached hydrogen (secondary N) is 1. The summed E-state index contributed by atoms with van der Waals surface area (Å²) in [6.45, 7) is 1.40. The van der Waals surface area contributed by atoms with Crippen molar-refractivity contribution in [1.82, 2.24) is 10.2 Å². The highest BCUT2D eigenvalue weighted by Crippen LogP contribution is 2.48. The van der Waals surface area contributed by atoms with E-state index in [9.17, 15) is 13.6 Å². The van der Waals surface area contributed by atoms with E-state index in [1.165, 1.54) is 0 Å². The SMILES string of the molecule is O=C(NCC1(CCO)CC1)C1CN(Cc2ccccc2)CCC1(F)F. The maximum absolute atomic E-state index is 14.3. The summed E-state index contributed by atoms with van der Waals surface area (Å²) >= 11 is 0. The van der Waals surface area contributed by atoms with Crippen LogP contribution in [0.3, 0.4) is 0 Å². The monoisotopic (exact) mass is 352 g/mol. The number of nitrogens with zero attached hydrogens (tertiary/aromatic N) is 1. The molecule has 0 aromatic heterocycles. The number of carbonyl (C=O) groups excluding carboxylic acids is 1. The van der Waals surface area contributed by atoms with Crippen LogP contribution in [0.2, 0.25) is 0 Å². The van der Waals surface area contributed by atoms with Crippen molar-refractivity contribution >= 4 is 5.91 Å². The smallest absolute Gasteiger partial charge is 0.262 e. The van der Waals surface area contributed by atoms with Crippen molar-refractivity contribution in [1.29, 1.82) is 0 Å². The minimum Gasteiger partial charge on any atom is -0.396 e. The summed E-state index contributed by atoms with van der Waals surface area (Å²) in [4.78, 5) is 14.3. The summed E-state index contributed by atoms with van der Waals surface area (Å²) in [5.41, 5.74) is 0.990. The van der Waals surface area contributed by atoms with Gasteiger partial charge < -0.3 is 10.4 Å². The molecule has 2 aliphatic rings. The van der Waals surface area contributed by atoms with Crippen LogP contribution in [0.5, 0.6) is 0 Å². The zero-order chi connectivity index (χ0) is 17.9. The van der Waals surface area contributed by atoms with Crippen LogP contribution < -0.4 is 5.32 Å². The molecule has 0 radical (unpaired) electrons. The van der Waals surface area contributed by atoms with Crippen molar-refractivity contribution in [2.45, 2.75) is 38.2 Å². The summed E-state index contributed by atoms with van der Waals surface area (Å²) in [6.07, 6.45) is 2.21. The first-order chi connectivity index (χ1) is 11.9. The third-order valence-corrected chi connectivity index (χ3v) is 5.51. The van der Waals surface area contributed by atoms with Crippen LogP contribution in [0.4, 0.5) is 8.78 Å². The summed E-state index contributed by atoms with van der Waals surface area (Å²) < 4.78 is 28.6. The number of hydrogen-bond acceptors (Lipinski definition) is 3. The second-order valence-electron chi connectivity index (χ2n) is 7.48. The third kappa shape index (κ3) is 4.55. The fraction of sp³-hybridized carbons (Fsp3) is 0.632. The molecule has 1 aromatic carbocycles. The highest BCUT2D eigenvalue weighted by atomic mass is 19.3. The average Bonchev–Trinajstić information content (AvgIpc) is 3.35. The number of rotatable bonds is 7. The molecule has 138 valence electrons. The second-order valence-corrected chi connectivity index (χ2v) is 7.48. The maximum Gasteiger partial charge on any atom is 0.262 e. The number of amides is 1. The normalized spacial score (nSPS) is 24.7. The van der Waals surface area contributed by atoms with Crippen LogP contribution in [0, 0.1) is 11.3 Å². The lowest BCUT2D eigenvalue weighted by Gasteiger charge is -2.37. The minimum atomic E-state index is -2.97. The number of halogens is 2. The number of aliphatic hydroxyl groups excluding tert-OH is 1. The number of benzene rings is 1. The average molecular weight is 352 g/mol. The molecule has 1 saturated heterocycles. The zero-order valence-electron chi connectivity index (χ0n) is 14.4. The van der Waals surface area contributed by atoms with Crippen molar-refractivity contribution in [2.24, 2.45) is 11.3 Å². The Morgan fingerprint density at radius 2 is 1.96 bits per heavy atom. The molecule has 25 heavy (non-hydrogen) atoms. The van der Waals surface area contributed by atoms with Gasteiger partial charge in [0.05, 0.1) is 0 Å². The van der Waals surface area contributed by atoms with Crippen molar-refractivity contribution in [2.75, 3.05) is 26.2 Å². The molecule has 2 N–H and O–H groups in total. The van der Waals surface area contributed by atoms with E-state index < -0.39 is 17.7 Å². The Balaban J connectivity index is 1.58. The van der Waals surface area contributed by atoms with Gasteiger partial charge in [-0.15, -0.1) is 0 Å². The summed E-state index contributed by atoms with van der Waals surface area (Å²) in [5.74, 6) is -4.84. The molecular formula is C19H26F2N2O2. The third-order valence-electron chi connectivity index (χ3n) is 5.51. The van der Waals surface area contributed by atoms with Crippen LogP contribution in [-0.4, -0.2) is 48.1 Å². The number of hydrogen-bond donors (Lipinski definition) is 2. The zero-order valence-corrected chi connectivity index (χ0v) is 14.4. The molecule has 2 fully saturated rings. The van der Waals surface area contributed by atoms with Crippen molar-refractivity contribution in [3.8, 4) is 0 Å². The fourth-order valence-corrected chi connectivity index (χ4v) is 3.55. The van der Waals surface area contributed by atoms with Crippen LogP contribution in [0.25, 0.3) is 0 Å². The van der Waals surface area contributed by atoms with Gasteiger partial charge in [-0.1, -0.05) is 30.3 Å². The van der Waals surface area contributed by atoms with E-state index in [0.29, 0.717) is 26.1 Å². The van der Waals surface area contributed by atoms with E-state index in [2.05, 4.69) is 5.32 Å². The van der Waals surface area contributed by atoms with Crippen LogP contribution >= 0.6 is 0 Å². The predicted octanol–water partition coefficient (Wildman–Crippen LogP) is 2.42. The van der Waals surface area contributed by atoms with Gasteiger partial charge in [-0.3, -0.25) is 9.69 Å². The molecule has 1 saturated carbocycles. The molecule has 3 rings (SSSR count). The Morgan fingerprint density at radius 1 is 1.24 bits per heavy atom. The van der Waals surface area contributed by atoms with Crippen molar-refractivity contribution in [3.63, 3.8) is 0 Å². The van der Waals surface area contributed by atoms with Crippen LogP contribution in [0.1, 0.15) is 31.2 Å². The lowest BCUT2D eigenvalue weighted by Crippen LogP contribution is -2.53. The number of piperidine rings is 1. The standard InChI is InChI=1S/C19H26F2N2O2/c20-19(21)8-10-23(12-15-4-2-1-3-5-15)13-16(19)17(25)22-14-18(6-7-18)9-11-24/h1-5,16,24H,6-14H2,(H,22,25). The molecular weight excluding hydrogens is 326 g/mol. The topological polar surface area (TPSA) is 52.6 Å². The molecule has 0 spiro atoms. The lowest BCUT2D eigenvalue weighted by atomic mass is 9.91. The fourth-order valence-electron chi connectivity index (χ4n) is 3.55. The van der Waals surface area contributed by atoms with E-state index in [4.69, 9.17) is 5.11 Å². The number of carbonyl (C=O) groups is 1. The highest BCUT2D eigenvalue weighted by molar-refractivity contribution is 5.80. The van der Waals surface area contributed by atoms with Crippen molar-refractivity contribution < 1.29 is 18.7 Å². The molecule has 1 amide bonds. The minimum absolute atomic E-state index is 0.0698. The molecule has 6 heteroatoms. The van der Waals surface area contributed by atoms with Gasteiger partial charge in [0.15, 0.2) is 0 Å². The van der Waals surface area contributed by atoms with Crippen LogP contribution in [0.15, 0.2) is 30.3 Å². The molecule has 1 heterocycles. The Bertz CT molecular complexity index is 590. The molecule has 4 nitrogen and oxygen atoms in total. The largest absolute Gasteiger partial charge is 0.396 e. The summed E-state index contributed by atoms with van der Waals surface area (Å²) in [5, 5.41) is 11.8. The number of aliphatic hydroxyl groups is 1. The molecule has 1 aromatic rings.